The van der Waals surface area contributed by atoms with Crippen molar-refractivity contribution in [3.63, 3.8) is 0 Å². The lowest BCUT2D eigenvalue weighted by molar-refractivity contribution is -0.143. The number of hydrogen-bond donors (Lipinski definition) is 1. The molecule has 5 nitrogen and oxygen atoms in total. The molecule has 7 heteroatoms. The molecule has 0 atom stereocenters. The Balaban J connectivity index is 1.79. The van der Waals surface area contributed by atoms with Crippen LogP contribution in [0.4, 0.5) is 10.8 Å². The van der Waals surface area contributed by atoms with Crippen LogP contribution in [-0.4, -0.2) is 28.5 Å². The molecule has 0 aliphatic carbocycles. The lowest BCUT2D eigenvalue weighted by Crippen LogP contribution is -2.05. The molecule has 2 aromatic rings. The Hall–Kier alpha value is -1.60. The Kier molecular flexibility index (Phi) is 6.67. The molecule has 1 N–H and O–H groups in total. The van der Waals surface area contributed by atoms with Crippen LogP contribution in [-0.2, 0) is 9.53 Å². The third kappa shape index (κ3) is 5.31. The van der Waals surface area contributed by atoms with E-state index in [4.69, 9.17) is 4.74 Å². The summed E-state index contributed by atoms with van der Waals surface area (Å²) in [5.74, 6) is 0.499. The molecular formula is C15H19N3O2S2. The summed E-state index contributed by atoms with van der Waals surface area (Å²) >= 11 is 3.01. The number of hydrogen-bond acceptors (Lipinski definition) is 7. The number of carbonyl (C=O) groups excluding carboxylic acids is 1. The van der Waals surface area contributed by atoms with Crippen molar-refractivity contribution in [1.29, 1.82) is 0 Å². The molecule has 0 aliphatic rings. The quantitative estimate of drug-likeness (QED) is 0.580. The summed E-state index contributed by atoms with van der Waals surface area (Å²) in [6.45, 7) is 4.51. The monoisotopic (exact) mass is 337 g/mol. The van der Waals surface area contributed by atoms with Gasteiger partial charge in [0.2, 0.25) is 5.13 Å². The van der Waals surface area contributed by atoms with Crippen molar-refractivity contribution in [2.24, 2.45) is 0 Å². The number of ether oxygens (including phenoxy) is 1. The lowest BCUT2D eigenvalue weighted by Gasteiger charge is -2.04. The smallest absolute Gasteiger partial charge is 0.306 e. The van der Waals surface area contributed by atoms with Crippen LogP contribution in [0.2, 0.25) is 0 Å². The number of anilines is 2. The van der Waals surface area contributed by atoms with E-state index in [1.54, 1.807) is 0 Å². The first kappa shape index (κ1) is 16.8. The maximum absolute atomic E-state index is 11.4. The summed E-state index contributed by atoms with van der Waals surface area (Å²) in [4.78, 5) is 11.4. The summed E-state index contributed by atoms with van der Waals surface area (Å²) < 4.78 is 5.88. The molecule has 1 aromatic heterocycles. The third-order valence-corrected chi connectivity index (χ3v) is 4.77. The Labute approximate surface area is 138 Å². The molecule has 0 fully saturated rings. The molecule has 0 unspecified atom stereocenters. The molecule has 1 heterocycles. The molecule has 0 amide bonds. The summed E-state index contributed by atoms with van der Waals surface area (Å²) in [5, 5.41) is 12.3. The van der Waals surface area contributed by atoms with Crippen molar-refractivity contribution < 1.29 is 9.53 Å². The van der Waals surface area contributed by atoms with Gasteiger partial charge in [0.15, 0.2) is 4.34 Å². The topological polar surface area (TPSA) is 64.1 Å². The number of para-hydroxylation sites is 1. The third-order valence-electron chi connectivity index (χ3n) is 2.79. The highest BCUT2D eigenvalue weighted by molar-refractivity contribution is 8.01. The van der Waals surface area contributed by atoms with Crippen LogP contribution in [0.5, 0.6) is 0 Å². The maximum atomic E-state index is 11.4. The van der Waals surface area contributed by atoms with E-state index < -0.39 is 0 Å². The second-order valence-electron chi connectivity index (χ2n) is 4.63. The van der Waals surface area contributed by atoms with Crippen molar-refractivity contribution in [3.05, 3.63) is 29.8 Å². The van der Waals surface area contributed by atoms with Crippen LogP contribution in [0.15, 0.2) is 28.6 Å². The minimum Gasteiger partial charge on any atom is -0.466 e. The minimum absolute atomic E-state index is 0.155. The van der Waals surface area contributed by atoms with Gasteiger partial charge in [0.1, 0.15) is 0 Å². The van der Waals surface area contributed by atoms with Crippen LogP contribution in [0.1, 0.15) is 25.3 Å². The van der Waals surface area contributed by atoms with Gasteiger partial charge in [-0.05, 0) is 25.0 Å². The summed E-state index contributed by atoms with van der Waals surface area (Å²) in [5.41, 5.74) is 2.18. The fourth-order valence-electron chi connectivity index (χ4n) is 1.66. The fourth-order valence-corrected chi connectivity index (χ4v) is 3.41. The van der Waals surface area contributed by atoms with Crippen LogP contribution < -0.4 is 5.32 Å². The van der Waals surface area contributed by atoms with Gasteiger partial charge in [-0.3, -0.25) is 4.79 Å². The lowest BCUT2D eigenvalue weighted by atomic mass is 10.2. The normalized spacial score (nSPS) is 10.5. The molecule has 0 bridgehead atoms. The first-order valence-corrected chi connectivity index (χ1v) is 8.94. The SMILES string of the molecule is CCCOC(=O)CCSc1nnc(Nc2ccccc2C)s1. The molecule has 0 saturated carbocycles. The van der Waals surface area contributed by atoms with E-state index >= 15 is 0 Å². The highest BCUT2D eigenvalue weighted by atomic mass is 32.2. The molecule has 0 aliphatic heterocycles. The average molecular weight is 337 g/mol. The largest absolute Gasteiger partial charge is 0.466 e. The van der Waals surface area contributed by atoms with E-state index in [0.717, 1.165) is 27.1 Å². The van der Waals surface area contributed by atoms with Gasteiger partial charge in [0, 0.05) is 11.4 Å². The van der Waals surface area contributed by atoms with Crippen LogP contribution >= 0.6 is 23.1 Å². The van der Waals surface area contributed by atoms with Crippen molar-refractivity contribution in [2.45, 2.75) is 31.0 Å². The number of nitrogens with zero attached hydrogens (tertiary/aromatic N) is 2. The van der Waals surface area contributed by atoms with Gasteiger partial charge in [-0.15, -0.1) is 10.2 Å². The zero-order valence-electron chi connectivity index (χ0n) is 12.7. The van der Waals surface area contributed by atoms with Gasteiger partial charge in [0.05, 0.1) is 13.0 Å². The average Bonchev–Trinajstić information content (AvgIpc) is 2.95. The minimum atomic E-state index is -0.155. The van der Waals surface area contributed by atoms with Gasteiger partial charge < -0.3 is 10.1 Å². The van der Waals surface area contributed by atoms with E-state index in [9.17, 15) is 4.79 Å². The van der Waals surface area contributed by atoms with Crippen molar-refractivity contribution in [1.82, 2.24) is 10.2 Å². The fraction of sp³-hybridized carbons (Fsp3) is 0.400. The first-order valence-electron chi connectivity index (χ1n) is 7.13. The van der Waals surface area contributed by atoms with Crippen LogP contribution in [0.25, 0.3) is 0 Å². The number of carbonyl (C=O) groups is 1. The van der Waals surface area contributed by atoms with Gasteiger partial charge in [-0.2, -0.15) is 0 Å². The zero-order valence-corrected chi connectivity index (χ0v) is 14.3. The Bertz CT molecular complexity index is 616. The van der Waals surface area contributed by atoms with Crippen LogP contribution in [0.3, 0.4) is 0 Å². The maximum Gasteiger partial charge on any atom is 0.306 e. The second kappa shape index (κ2) is 8.75. The Morgan fingerprint density at radius 3 is 2.95 bits per heavy atom. The van der Waals surface area contributed by atoms with E-state index in [-0.39, 0.29) is 5.97 Å². The molecule has 118 valence electrons. The summed E-state index contributed by atoms with van der Waals surface area (Å²) in [6, 6.07) is 8.03. The molecule has 0 radical (unpaired) electrons. The predicted molar refractivity (Wildman–Crippen MR) is 91.0 cm³/mol. The molecule has 22 heavy (non-hydrogen) atoms. The first-order chi connectivity index (χ1) is 10.7. The van der Waals surface area contributed by atoms with Crippen molar-refractivity contribution in [2.75, 3.05) is 17.7 Å². The molecule has 1 aromatic carbocycles. The highest BCUT2D eigenvalue weighted by Gasteiger charge is 2.08. The second-order valence-corrected chi connectivity index (χ2v) is 6.95. The van der Waals surface area contributed by atoms with Gasteiger partial charge >= 0.3 is 5.97 Å². The number of aromatic nitrogens is 2. The van der Waals surface area contributed by atoms with Crippen molar-refractivity contribution >= 4 is 39.9 Å². The van der Waals surface area contributed by atoms with E-state index in [0.29, 0.717) is 18.8 Å². The molecule has 0 saturated heterocycles. The summed E-state index contributed by atoms with van der Waals surface area (Å²) in [7, 11) is 0. The predicted octanol–water partition coefficient (Wildman–Crippen LogP) is 4.03. The number of rotatable bonds is 8. The van der Waals surface area contributed by atoms with E-state index in [1.807, 2.05) is 38.1 Å². The van der Waals surface area contributed by atoms with Gasteiger partial charge in [0.25, 0.3) is 0 Å². The number of aryl methyl sites for hydroxylation is 1. The van der Waals surface area contributed by atoms with E-state index in [2.05, 4.69) is 15.5 Å². The Morgan fingerprint density at radius 1 is 1.36 bits per heavy atom. The van der Waals surface area contributed by atoms with E-state index in [1.165, 1.54) is 23.1 Å². The van der Waals surface area contributed by atoms with Crippen LogP contribution in [0, 0.1) is 6.92 Å². The summed E-state index contributed by atoms with van der Waals surface area (Å²) in [6.07, 6.45) is 1.24. The molecular weight excluding hydrogens is 318 g/mol. The molecule has 2 rings (SSSR count). The number of thioether (sulfide) groups is 1. The number of esters is 1. The highest BCUT2D eigenvalue weighted by Crippen LogP contribution is 2.28. The zero-order chi connectivity index (χ0) is 15.8. The standard InChI is InChI=1S/C15H19N3O2S2/c1-3-9-20-13(19)8-10-21-15-18-17-14(22-15)16-12-7-5-4-6-11(12)2/h4-7H,3,8-10H2,1-2H3,(H,16,17). The van der Waals surface area contributed by atoms with Gasteiger partial charge in [-0.25, -0.2) is 0 Å². The number of nitrogens with one attached hydrogen (secondary N) is 1. The number of benzene rings is 1. The van der Waals surface area contributed by atoms with Gasteiger partial charge in [-0.1, -0.05) is 48.2 Å². The Morgan fingerprint density at radius 2 is 2.18 bits per heavy atom. The molecule has 0 spiro atoms. The van der Waals surface area contributed by atoms with Crippen molar-refractivity contribution in [3.8, 4) is 0 Å².